The number of hydrogen-bond acceptors (Lipinski definition) is 2. The first-order valence-electron chi connectivity index (χ1n) is 4.76. The zero-order valence-corrected chi connectivity index (χ0v) is 9.64. The molecule has 0 amide bonds. The van der Waals surface area contributed by atoms with Crippen molar-refractivity contribution in [3.8, 4) is 0 Å². The van der Waals surface area contributed by atoms with Crippen LogP contribution in [0.1, 0.15) is 22.8 Å². The highest BCUT2D eigenvalue weighted by Gasteiger charge is 2.02. The molecule has 0 radical (unpaired) electrons. The van der Waals surface area contributed by atoms with Crippen LogP contribution in [0.25, 0.3) is 6.08 Å². The minimum Gasteiger partial charge on any atom is -0.316 e. The molecule has 0 atom stereocenters. The van der Waals surface area contributed by atoms with E-state index in [9.17, 15) is 4.79 Å². The Morgan fingerprint density at radius 2 is 2.27 bits per heavy atom. The van der Waals surface area contributed by atoms with Gasteiger partial charge in [0.15, 0.2) is 5.78 Å². The Hall–Kier alpha value is -1.12. The van der Waals surface area contributed by atoms with Crippen molar-refractivity contribution in [2.24, 2.45) is 0 Å². The first-order valence-corrected chi connectivity index (χ1v) is 5.14. The lowest BCUT2D eigenvalue weighted by Crippen LogP contribution is -2.03. The van der Waals surface area contributed by atoms with E-state index in [1.807, 2.05) is 25.3 Å². The van der Waals surface area contributed by atoms with Crippen LogP contribution in [-0.4, -0.2) is 19.4 Å². The van der Waals surface area contributed by atoms with Crippen molar-refractivity contribution >= 4 is 23.5 Å². The molecular formula is C12H14ClNO. The third kappa shape index (κ3) is 3.50. The summed E-state index contributed by atoms with van der Waals surface area (Å²) in [5.41, 5.74) is 1.57. The third-order valence-corrected chi connectivity index (χ3v) is 2.35. The van der Waals surface area contributed by atoms with Crippen LogP contribution in [0, 0.1) is 0 Å². The van der Waals surface area contributed by atoms with Gasteiger partial charge in [-0.2, -0.15) is 0 Å². The molecule has 0 aliphatic rings. The topological polar surface area (TPSA) is 29.1 Å². The standard InChI is InChI=1S/C12H14ClNO/c1-9(15)11-6-5-10(12(13)8-11)4-3-7-14-2/h3-6,8,14H,7H2,1-2H3. The molecule has 0 aliphatic carbocycles. The minimum absolute atomic E-state index is 0.0302. The summed E-state index contributed by atoms with van der Waals surface area (Å²) in [6.07, 6.45) is 3.91. The lowest BCUT2D eigenvalue weighted by molar-refractivity contribution is 0.101. The smallest absolute Gasteiger partial charge is 0.159 e. The summed E-state index contributed by atoms with van der Waals surface area (Å²) in [6, 6.07) is 5.33. The van der Waals surface area contributed by atoms with Gasteiger partial charge < -0.3 is 5.32 Å². The van der Waals surface area contributed by atoms with Gasteiger partial charge in [0, 0.05) is 17.1 Å². The second-order valence-electron chi connectivity index (χ2n) is 3.25. The van der Waals surface area contributed by atoms with E-state index in [0.29, 0.717) is 10.6 Å². The molecular weight excluding hydrogens is 210 g/mol. The van der Waals surface area contributed by atoms with Gasteiger partial charge in [-0.1, -0.05) is 35.9 Å². The molecule has 1 rings (SSSR count). The Morgan fingerprint density at radius 3 is 2.80 bits per heavy atom. The van der Waals surface area contributed by atoms with E-state index in [4.69, 9.17) is 11.6 Å². The number of hydrogen-bond donors (Lipinski definition) is 1. The molecule has 1 aromatic rings. The normalized spacial score (nSPS) is 10.9. The van der Waals surface area contributed by atoms with Gasteiger partial charge in [-0.3, -0.25) is 4.79 Å². The number of nitrogens with one attached hydrogen (secondary N) is 1. The zero-order chi connectivity index (χ0) is 11.3. The Labute approximate surface area is 94.9 Å². The third-order valence-electron chi connectivity index (χ3n) is 2.03. The average molecular weight is 224 g/mol. The van der Waals surface area contributed by atoms with Crippen LogP contribution in [0.3, 0.4) is 0 Å². The predicted molar refractivity (Wildman–Crippen MR) is 64.4 cm³/mol. The fourth-order valence-electron chi connectivity index (χ4n) is 1.19. The molecule has 0 fully saturated rings. The van der Waals surface area contributed by atoms with Crippen molar-refractivity contribution in [1.82, 2.24) is 5.32 Å². The van der Waals surface area contributed by atoms with Crippen molar-refractivity contribution in [1.29, 1.82) is 0 Å². The number of Topliss-reactive ketones (excluding diaryl/α,β-unsaturated/α-hetero) is 1. The number of rotatable bonds is 4. The second-order valence-corrected chi connectivity index (χ2v) is 3.66. The van der Waals surface area contributed by atoms with Gasteiger partial charge in [0.25, 0.3) is 0 Å². The molecule has 0 unspecified atom stereocenters. The van der Waals surface area contributed by atoms with E-state index in [1.165, 1.54) is 6.92 Å². The molecule has 0 heterocycles. The van der Waals surface area contributed by atoms with Gasteiger partial charge in [0.05, 0.1) is 0 Å². The van der Waals surface area contributed by atoms with Gasteiger partial charge in [-0.05, 0) is 25.6 Å². The molecule has 1 aromatic carbocycles. The maximum absolute atomic E-state index is 11.1. The molecule has 3 heteroatoms. The van der Waals surface area contributed by atoms with E-state index in [0.717, 1.165) is 12.1 Å². The zero-order valence-electron chi connectivity index (χ0n) is 8.88. The quantitative estimate of drug-likeness (QED) is 0.796. The maximum Gasteiger partial charge on any atom is 0.159 e. The fraction of sp³-hybridized carbons (Fsp3) is 0.250. The van der Waals surface area contributed by atoms with Crippen LogP contribution in [0.15, 0.2) is 24.3 Å². The minimum atomic E-state index is 0.0302. The molecule has 80 valence electrons. The monoisotopic (exact) mass is 223 g/mol. The molecule has 15 heavy (non-hydrogen) atoms. The number of carbonyl (C=O) groups is 1. The summed E-state index contributed by atoms with van der Waals surface area (Å²) in [5.74, 6) is 0.0302. The lowest BCUT2D eigenvalue weighted by atomic mass is 10.1. The van der Waals surface area contributed by atoms with Gasteiger partial charge in [0.1, 0.15) is 0 Å². The number of likely N-dealkylation sites (N-methyl/N-ethyl adjacent to an activating group) is 1. The van der Waals surface area contributed by atoms with Gasteiger partial charge in [-0.25, -0.2) is 0 Å². The Bertz CT molecular complexity index is 385. The van der Waals surface area contributed by atoms with Gasteiger partial charge in [-0.15, -0.1) is 0 Å². The molecule has 0 spiro atoms. The van der Waals surface area contributed by atoms with E-state index in [1.54, 1.807) is 12.1 Å². The summed E-state index contributed by atoms with van der Waals surface area (Å²) < 4.78 is 0. The van der Waals surface area contributed by atoms with Crippen molar-refractivity contribution in [3.05, 3.63) is 40.4 Å². The molecule has 2 nitrogen and oxygen atoms in total. The van der Waals surface area contributed by atoms with Crippen LogP contribution in [0.4, 0.5) is 0 Å². The SMILES string of the molecule is CNCC=Cc1ccc(C(C)=O)cc1Cl. The predicted octanol–water partition coefficient (Wildman–Crippen LogP) is 2.78. The highest BCUT2D eigenvalue weighted by molar-refractivity contribution is 6.32. The van der Waals surface area contributed by atoms with E-state index < -0.39 is 0 Å². The fourth-order valence-corrected chi connectivity index (χ4v) is 1.43. The summed E-state index contributed by atoms with van der Waals surface area (Å²) >= 11 is 6.03. The highest BCUT2D eigenvalue weighted by atomic mass is 35.5. The first kappa shape index (κ1) is 12.0. The number of halogens is 1. The second kappa shape index (κ2) is 5.69. The summed E-state index contributed by atoms with van der Waals surface area (Å²) in [5, 5.41) is 3.61. The van der Waals surface area contributed by atoms with Crippen LogP contribution in [-0.2, 0) is 0 Å². The number of carbonyl (C=O) groups excluding carboxylic acids is 1. The van der Waals surface area contributed by atoms with Crippen LogP contribution in [0.5, 0.6) is 0 Å². The summed E-state index contributed by atoms with van der Waals surface area (Å²) in [6.45, 7) is 2.33. The van der Waals surface area contributed by atoms with Crippen molar-refractivity contribution in [2.45, 2.75) is 6.92 Å². The van der Waals surface area contributed by atoms with Crippen molar-refractivity contribution in [3.63, 3.8) is 0 Å². The average Bonchev–Trinajstić information content (AvgIpc) is 2.20. The van der Waals surface area contributed by atoms with Gasteiger partial charge in [0.2, 0.25) is 0 Å². The van der Waals surface area contributed by atoms with Crippen LogP contribution < -0.4 is 5.32 Å². The van der Waals surface area contributed by atoms with E-state index in [-0.39, 0.29) is 5.78 Å². The Morgan fingerprint density at radius 1 is 1.53 bits per heavy atom. The Kier molecular flexibility index (Phi) is 4.53. The van der Waals surface area contributed by atoms with Crippen molar-refractivity contribution in [2.75, 3.05) is 13.6 Å². The number of ketones is 1. The molecule has 0 saturated carbocycles. The summed E-state index contributed by atoms with van der Waals surface area (Å²) in [7, 11) is 1.88. The van der Waals surface area contributed by atoms with Crippen LogP contribution >= 0.6 is 11.6 Å². The molecule has 0 aromatic heterocycles. The number of benzene rings is 1. The molecule has 0 bridgehead atoms. The molecule has 1 N–H and O–H groups in total. The van der Waals surface area contributed by atoms with Crippen LogP contribution in [0.2, 0.25) is 5.02 Å². The van der Waals surface area contributed by atoms with E-state index in [2.05, 4.69) is 5.32 Å². The first-order chi connectivity index (χ1) is 7.15. The molecule has 0 aliphatic heterocycles. The maximum atomic E-state index is 11.1. The van der Waals surface area contributed by atoms with Gasteiger partial charge >= 0.3 is 0 Å². The lowest BCUT2D eigenvalue weighted by Gasteiger charge is -2.01. The van der Waals surface area contributed by atoms with Crippen molar-refractivity contribution < 1.29 is 4.79 Å². The molecule has 0 saturated heterocycles. The Balaban J connectivity index is 2.88. The largest absolute Gasteiger partial charge is 0.316 e. The highest BCUT2D eigenvalue weighted by Crippen LogP contribution is 2.19. The van der Waals surface area contributed by atoms with E-state index >= 15 is 0 Å². The summed E-state index contributed by atoms with van der Waals surface area (Å²) in [4.78, 5) is 11.1.